The molecule has 5 nitrogen and oxygen atoms in total. The van der Waals surface area contributed by atoms with Gasteiger partial charge in [0.2, 0.25) is 15.7 Å². The van der Waals surface area contributed by atoms with Crippen molar-refractivity contribution in [2.75, 3.05) is 37.0 Å². The summed E-state index contributed by atoms with van der Waals surface area (Å²) in [6, 6.07) is 14.1. The largest absolute Gasteiger partial charge is 0.378 e. The van der Waals surface area contributed by atoms with Crippen molar-refractivity contribution in [3.63, 3.8) is 0 Å². The van der Waals surface area contributed by atoms with E-state index in [2.05, 4.69) is 70.5 Å². The summed E-state index contributed by atoms with van der Waals surface area (Å²) in [4.78, 5) is 2.08. The summed E-state index contributed by atoms with van der Waals surface area (Å²) < 4.78 is 27.9. The highest BCUT2D eigenvalue weighted by molar-refractivity contribution is 7.92. The van der Waals surface area contributed by atoms with E-state index >= 15 is 0 Å². The van der Waals surface area contributed by atoms with E-state index in [9.17, 15) is 8.42 Å². The molecule has 0 unspecified atom stereocenters. The summed E-state index contributed by atoms with van der Waals surface area (Å²) in [6.45, 7) is 4.31. The van der Waals surface area contributed by atoms with Gasteiger partial charge in [-0.15, -0.1) is 0 Å². The Labute approximate surface area is 180 Å². The molecule has 0 spiro atoms. The first kappa shape index (κ1) is 21.8. The number of hydrogen-bond acceptors (Lipinski definition) is 3. The number of hydrogen-bond donors (Lipinski definition) is 1. The van der Waals surface area contributed by atoms with Crippen LogP contribution in [0.4, 0.5) is 17.1 Å². The van der Waals surface area contributed by atoms with Gasteiger partial charge in [0, 0.05) is 43.2 Å². The zero-order valence-electron chi connectivity index (χ0n) is 18.5. The van der Waals surface area contributed by atoms with Gasteiger partial charge in [-0.25, -0.2) is 8.42 Å². The number of allylic oxidation sites excluding steroid dienone is 3. The molecule has 3 rings (SSSR count). The average molecular weight is 425 g/mol. The predicted molar refractivity (Wildman–Crippen MR) is 128 cm³/mol. The van der Waals surface area contributed by atoms with Crippen molar-refractivity contribution < 1.29 is 13.0 Å². The van der Waals surface area contributed by atoms with Crippen LogP contribution in [0, 0.1) is 0 Å². The summed E-state index contributed by atoms with van der Waals surface area (Å²) in [5, 5.41) is 0. The summed E-state index contributed by atoms with van der Waals surface area (Å²) in [6.07, 6.45) is 9.46. The molecule has 1 N–H and O–H groups in total. The fourth-order valence-electron chi connectivity index (χ4n) is 3.81. The van der Waals surface area contributed by atoms with Crippen LogP contribution in [0.2, 0.25) is 0 Å². The van der Waals surface area contributed by atoms with E-state index in [0.29, 0.717) is 5.69 Å². The van der Waals surface area contributed by atoms with Crippen LogP contribution in [-0.4, -0.2) is 46.1 Å². The zero-order valence-corrected chi connectivity index (χ0v) is 19.3. The van der Waals surface area contributed by atoms with Crippen molar-refractivity contribution in [3.8, 4) is 0 Å². The molecule has 1 aliphatic rings. The molecule has 0 aliphatic carbocycles. The topological polar surface area (TPSA) is 52.4 Å². The Morgan fingerprint density at radius 1 is 1.00 bits per heavy atom. The Balaban J connectivity index is 1.81. The van der Waals surface area contributed by atoms with Crippen LogP contribution in [0.25, 0.3) is 6.08 Å². The second kappa shape index (κ2) is 8.11. The third-order valence-electron chi connectivity index (χ3n) is 5.40. The SMILES string of the molecule is CN(C)c1ccc(C=CC=CC2=[N+](C)c3ccc(NS(C)(=O)=O)cc3C2(C)C)cc1. The molecule has 6 heteroatoms. The lowest BCUT2D eigenvalue weighted by Crippen LogP contribution is -2.26. The maximum atomic E-state index is 11.6. The second-order valence-corrected chi connectivity index (χ2v) is 10.1. The molecule has 0 amide bonds. The predicted octanol–water partition coefficient (Wildman–Crippen LogP) is 4.40. The summed E-state index contributed by atoms with van der Waals surface area (Å²) >= 11 is 0. The van der Waals surface area contributed by atoms with Crippen LogP contribution in [0.1, 0.15) is 25.0 Å². The number of benzene rings is 2. The molecule has 0 atom stereocenters. The minimum Gasteiger partial charge on any atom is -0.378 e. The normalized spacial score (nSPS) is 15.8. The molecule has 0 radical (unpaired) electrons. The van der Waals surface area contributed by atoms with Gasteiger partial charge in [0.25, 0.3) is 0 Å². The van der Waals surface area contributed by atoms with Crippen LogP contribution in [0.3, 0.4) is 0 Å². The van der Waals surface area contributed by atoms with E-state index in [4.69, 9.17) is 0 Å². The number of nitrogens with zero attached hydrogens (tertiary/aromatic N) is 2. The van der Waals surface area contributed by atoms with Gasteiger partial charge in [0.15, 0.2) is 5.71 Å². The number of anilines is 2. The molecule has 2 aromatic rings. The van der Waals surface area contributed by atoms with Crippen molar-refractivity contribution in [2.24, 2.45) is 0 Å². The second-order valence-electron chi connectivity index (χ2n) is 8.38. The van der Waals surface area contributed by atoms with Gasteiger partial charge < -0.3 is 4.90 Å². The Bertz CT molecular complexity index is 1140. The molecular formula is C24H30N3O2S+. The van der Waals surface area contributed by atoms with E-state index in [1.165, 1.54) is 5.69 Å². The monoisotopic (exact) mass is 424 g/mol. The Morgan fingerprint density at radius 3 is 2.23 bits per heavy atom. The fraction of sp³-hybridized carbons (Fsp3) is 0.292. The molecule has 158 valence electrons. The smallest absolute Gasteiger partial charge is 0.229 e. The molecule has 1 aliphatic heterocycles. The van der Waals surface area contributed by atoms with Crippen LogP contribution in [0.5, 0.6) is 0 Å². The number of nitrogens with one attached hydrogen (secondary N) is 1. The lowest BCUT2D eigenvalue weighted by atomic mass is 9.81. The standard InChI is InChI=1S/C24H30N3O2S/c1-24(2)21-17-19(25-30(6,28)29)13-16-22(21)27(5)23(24)10-8-7-9-18-11-14-20(15-12-18)26(3)4/h7-17,25H,1-6H3/q+1. The van der Waals surface area contributed by atoms with Gasteiger partial charge in [0.1, 0.15) is 7.05 Å². The lowest BCUT2D eigenvalue weighted by Gasteiger charge is -2.16. The molecule has 0 saturated heterocycles. The first-order chi connectivity index (χ1) is 14.0. The Kier molecular flexibility index (Phi) is 5.90. The summed E-state index contributed by atoms with van der Waals surface area (Å²) in [7, 11) is 2.80. The molecular weight excluding hydrogens is 394 g/mol. The van der Waals surface area contributed by atoms with Crippen LogP contribution < -0.4 is 9.62 Å². The van der Waals surface area contributed by atoms with E-state index < -0.39 is 10.0 Å². The molecule has 0 bridgehead atoms. The van der Waals surface area contributed by atoms with E-state index in [1.54, 1.807) is 6.07 Å². The first-order valence-electron chi connectivity index (χ1n) is 9.84. The third-order valence-corrected chi connectivity index (χ3v) is 6.01. The molecule has 1 heterocycles. The highest BCUT2D eigenvalue weighted by atomic mass is 32.2. The van der Waals surface area contributed by atoms with Gasteiger partial charge in [-0.2, -0.15) is 4.58 Å². The Morgan fingerprint density at radius 2 is 1.63 bits per heavy atom. The van der Waals surface area contributed by atoms with Gasteiger partial charge in [-0.1, -0.05) is 30.4 Å². The molecule has 30 heavy (non-hydrogen) atoms. The average Bonchev–Trinajstić information content (AvgIpc) is 2.84. The fourth-order valence-corrected chi connectivity index (χ4v) is 4.37. The number of sulfonamides is 1. The molecule has 0 aromatic heterocycles. The maximum Gasteiger partial charge on any atom is 0.229 e. The van der Waals surface area contributed by atoms with Gasteiger partial charge in [0.05, 0.1) is 11.7 Å². The van der Waals surface area contributed by atoms with E-state index in [1.807, 2.05) is 39.4 Å². The molecule has 0 saturated carbocycles. The van der Waals surface area contributed by atoms with Crippen molar-refractivity contribution in [1.29, 1.82) is 0 Å². The molecule has 2 aromatic carbocycles. The Hall–Kier alpha value is -2.86. The summed E-state index contributed by atoms with van der Waals surface area (Å²) in [5.41, 5.74) is 6.01. The summed E-state index contributed by atoms with van der Waals surface area (Å²) in [5.74, 6) is 0. The van der Waals surface area contributed by atoms with Crippen molar-refractivity contribution >= 4 is 38.9 Å². The highest BCUT2D eigenvalue weighted by Gasteiger charge is 2.43. The highest BCUT2D eigenvalue weighted by Crippen LogP contribution is 2.40. The lowest BCUT2D eigenvalue weighted by molar-refractivity contribution is -0.401. The minimum atomic E-state index is -3.31. The van der Waals surface area contributed by atoms with Crippen LogP contribution in [-0.2, 0) is 15.4 Å². The van der Waals surface area contributed by atoms with E-state index in [-0.39, 0.29) is 5.41 Å². The molecule has 0 fully saturated rings. The third kappa shape index (κ3) is 4.65. The van der Waals surface area contributed by atoms with Gasteiger partial charge in [-0.3, -0.25) is 4.72 Å². The maximum absolute atomic E-state index is 11.6. The number of fused-ring (bicyclic) bond motifs is 1. The number of rotatable bonds is 6. The van der Waals surface area contributed by atoms with Crippen molar-refractivity contribution in [1.82, 2.24) is 0 Å². The zero-order chi connectivity index (χ0) is 22.1. The van der Waals surface area contributed by atoms with E-state index in [0.717, 1.165) is 28.8 Å². The van der Waals surface area contributed by atoms with Crippen LogP contribution >= 0.6 is 0 Å². The van der Waals surface area contributed by atoms with Crippen molar-refractivity contribution in [3.05, 3.63) is 71.8 Å². The quantitative estimate of drug-likeness (QED) is 0.552. The van der Waals surface area contributed by atoms with Gasteiger partial charge >= 0.3 is 0 Å². The van der Waals surface area contributed by atoms with Crippen molar-refractivity contribution in [2.45, 2.75) is 19.3 Å². The minimum absolute atomic E-state index is 0.239. The van der Waals surface area contributed by atoms with Gasteiger partial charge in [-0.05, 0) is 43.7 Å². The van der Waals surface area contributed by atoms with Crippen LogP contribution in [0.15, 0.2) is 60.7 Å². The first-order valence-corrected chi connectivity index (χ1v) is 11.7.